The van der Waals surface area contributed by atoms with Crippen LogP contribution in [-0.4, -0.2) is 10.5 Å². The lowest BCUT2D eigenvalue weighted by Gasteiger charge is -2.03. The van der Waals surface area contributed by atoms with E-state index in [4.69, 9.17) is 5.53 Å². The lowest BCUT2D eigenvalue weighted by atomic mass is 10.2. The van der Waals surface area contributed by atoms with Gasteiger partial charge >= 0.3 is 0 Å². The van der Waals surface area contributed by atoms with E-state index in [1.54, 1.807) is 0 Å². The van der Waals surface area contributed by atoms with E-state index >= 15 is 0 Å². The van der Waals surface area contributed by atoms with Gasteiger partial charge in [-0.2, -0.15) is 0 Å². The summed E-state index contributed by atoms with van der Waals surface area (Å²) >= 11 is 2.34. The van der Waals surface area contributed by atoms with E-state index in [-0.39, 0.29) is 0 Å². The summed E-state index contributed by atoms with van der Waals surface area (Å²) < 4.78 is 0.523. The van der Waals surface area contributed by atoms with Crippen molar-refractivity contribution in [3.8, 4) is 0 Å². The highest BCUT2D eigenvalue weighted by Gasteiger charge is 2.00. The van der Waals surface area contributed by atoms with E-state index in [2.05, 4.69) is 39.5 Å². The normalized spacial score (nSPS) is 12.2. The molecule has 0 rings (SSSR count). The van der Waals surface area contributed by atoms with Gasteiger partial charge in [0.1, 0.15) is 0 Å². The Labute approximate surface area is 81.3 Å². The van der Waals surface area contributed by atoms with Crippen LogP contribution in [0.4, 0.5) is 0 Å². The fraction of sp³-hybridized carbons (Fsp3) is 1.00. The topological polar surface area (TPSA) is 48.8 Å². The van der Waals surface area contributed by atoms with Crippen molar-refractivity contribution in [2.75, 3.05) is 6.54 Å². The molecule has 0 bridgehead atoms. The van der Waals surface area contributed by atoms with E-state index in [0.29, 0.717) is 10.5 Å². The maximum absolute atomic E-state index is 8.04. The van der Waals surface area contributed by atoms with Crippen LogP contribution in [0.15, 0.2) is 5.11 Å². The third-order valence-corrected chi connectivity index (χ3v) is 2.48. The molecule has 0 aliphatic heterocycles. The minimum atomic E-state index is 0.523. The molecule has 0 radical (unpaired) electrons. The van der Waals surface area contributed by atoms with Crippen LogP contribution >= 0.6 is 22.6 Å². The molecule has 3 nitrogen and oxygen atoms in total. The van der Waals surface area contributed by atoms with Gasteiger partial charge in [0.15, 0.2) is 0 Å². The van der Waals surface area contributed by atoms with Crippen molar-refractivity contribution >= 4 is 22.6 Å². The number of azide groups is 1. The molecule has 0 aliphatic carbocycles. The van der Waals surface area contributed by atoms with Gasteiger partial charge in [0.05, 0.1) is 0 Å². The van der Waals surface area contributed by atoms with Crippen LogP contribution in [-0.2, 0) is 0 Å². The largest absolute Gasteiger partial charge is 0.0929 e. The number of nitrogens with zero attached hydrogens (tertiary/aromatic N) is 3. The third kappa shape index (κ3) is 7.94. The number of alkyl halides is 1. The van der Waals surface area contributed by atoms with Gasteiger partial charge < -0.3 is 0 Å². The average molecular weight is 267 g/mol. The average Bonchev–Trinajstić information content (AvgIpc) is 2.01. The maximum atomic E-state index is 8.04. The van der Waals surface area contributed by atoms with E-state index in [9.17, 15) is 0 Å². The number of halogens is 1. The van der Waals surface area contributed by atoms with Crippen molar-refractivity contribution in [3.05, 3.63) is 10.4 Å². The lowest BCUT2D eigenvalue weighted by Crippen LogP contribution is -2.00. The highest BCUT2D eigenvalue weighted by molar-refractivity contribution is 14.1. The molecule has 0 aromatic carbocycles. The standard InChI is InChI=1S/C7H14IN3/c1-2-3-4-5-7(8)6-10-11-9/h7H,2-6H2,1H3. The summed E-state index contributed by atoms with van der Waals surface area (Å²) in [5, 5.41) is 3.52. The minimum Gasteiger partial charge on any atom is -0.0929 e. The summed E-state index contributed by atoms with van der Waals surface area (Å²) in [5.41, 5.74) is 8.04. The molecule has 0 N–H and O–H groups in total. The smallest absolute Gasteiger partial charge is 0.0376 e. The van der Waals surface area contributed by atoms with Crippen molar-refractivity contribution in [3.63, 3.8) is 0 Å². The molecule has 0 saturated carbocycles. The van der Waals surface area contributed by atoms with Crippen molar-refractivity contribution in [2.45, 2.75) is 36.5 Å². The van der Waals surface area contributed by atoms with Crippen molar-refractivity contribution < 1.29 is 0 Å². The first-order valence-electron chi connectivity index (χ1n) is 3.96. The second-order valence-electron chi connectivity index (χ2n) is 2.51. The molecule has 11 heavy (non-hydrogen) atoms. The molecule has 1 atom stereocenters. The van der Waals surface area contributed by atoms with Gasteiger partial charge in [-0.3, -0.25) is 0 Å². The Morgan fingerprint density at radius 3 is 2.82 bits per heavy atom. The van der Waals surface area contributed by atoms with Gasteiger partial charge in [-0.1, -0.05) is 53.9 Å². The van der Waals surface area contributed by atoms with Crippen LogP contribution in [0.1, 0.15) is 32.6 Å². The van der Waals surface area contributed by atoms with Gasteiger partial charge in [-0.25, -0.2) is 0 Å². The van der Waals surface area contributed by atoms with Gasteiger partial charge in [0.25, 0.3) is 0 Å². The lowest BCUT2D eigenvalue weighted by molar-refractivity contribution is 0.657. The number of unbranched alkanes of at least 4 members (excludes halogenated alkanes) is 2. The van der Waals surface area contributed by atoms with Crippen molar-refractivity contribution in [1.29, 1.82) is 0 Å². The Balaban J connectivity index is 3.21. The molecular weight excluding hydrogens is 253 g/mol. The molecule has 0 saturated heterocycles. The summed E-state index contributed by atoms with van der Waals surface area (Å²) in [6.45, 7) is 2.83. The van der Waals surface area contributed by atoms with Gasteiger partial charge in [-0.15, -0.1) is 0 Å². The van der Waals surface area contributed by atoms with Gasteiger partial charge in [0, 0.05) is 15.4 Å². The zero-order chi connectivity index (χ0) is 8.53. The highest BCUT2D eigenvalue weighted by Crippen LogP contribution is 2.11. The van der Waals surface area contributed by atoms with Crippen molar-refractivity contribution in [1.82, 2.24) is 0 Å². The predicted octanol–water partition coefficient (Wildman–Crippen LogP) is 3.68. The Morgan fingerprint density at radius 1 is 1.55 bits per heavy atom. The molecule has 0 amide bonds. The van der Waals surface area contributed by atoms with Crippen LogP contribution in [0.2, 0.25) is 0 Å². The molecule has 0 aromatic rings. The van der Waals surface area contributed by atoms with Crippen molar-refractivity contribution in [2.24, 2.45) is 5.11 Å². The van der Waals surface area contributed by atoms with E-state index < -0.39 is 0 Å². The maximum Gasteiger partial charge on any atom is 0.0376 e. The summed E-state index contributed by atoms with van der Waals surface area (Å²) in [4.78, 5) is 2.72. The summed E-state index contributed by atoms with van der Waals surface area (Å²) in [5.74, 6) is 0. The highest BCUT2D eigenvalue weighted by atomic mass is 127. The molecule has 0 fully saturated rings. The third-order valence-electron chi connectivity index (χ3n) is 1.46. The van der Waals surface area contributed by atoms with Gasteiger partial charge in [0.2, 0.25) is 0 Å². The van der Waals surface area contributed by atoms with Crippen LogP contribution in [0.25, 0.3) is 10.4 Å². The first-order chi connectivity index (χ1) is 5.31. The molecule has 0 aliphatic rings. The van der Waals surface area contributed by atoms with E-state index in [1.165, 1.54) is 25.7 Å². The Bertz CT molecular complexity index is 132. The minimum absolute atomic E-state index is 0.523. The van der Waals surface area contributed by atoms with Crippen LogP contribution in [0.3, 0.4) is 0 Å². The molecular formula is C7H14IN3. The predicted molar refractivity (Wildman–Crippen MR) is 56.0 cm³/mol. The Kier molecular flexibility index (Phi) is 8.17. The van der Waals surface area contributed by atoms with Crippen LogP contribution in [0.5, 0.6) is 0 Å². The number of rotatable bonds is 6. The molecule has 0 heterocycles. The summed E-state index contributed by atoms with van der Waals surface area (Å²) in [7, 11) is 0. The number of hydrogen-bond donors (Lipinski definition) is 0. The molecule has 0 aromatic heterocycles. The first kappa shape index (κ1) is 11.0. The van der Waals surface area contributed by atoms with E-state index in [0.717, 1.165) is 0 Å². The second kappa shape index (κ2) is 8.14. The molecule has 64 valence electrons. The second-order valence-corrected chi connectivity index (χ2v) is 4.27. The Hall–Kier alpha value is 0.0400. The summed E-state index contributed by atoms with van der Waals surface area (Å²) in [6.07, 6.45) is 4.97. The Morgan fingerprint density at radius 2 is 2.27 bits per heavy atom. The summed E-state index contributed by atoms with van der Waals surface area (Å²) in [6, 6.07) is 0. The fourth-order valence-electron chi connectivity index (χ4n) is 0.832. The fourth-order valence-corrected chi connectivity index (χ4v) is 1.45. The molecule has 0 spiro atoms. The van der Waals surface area contributed by atoms with Gasteiger partial charge in [-0.05, 0) is 12.0 Å². The SMILES string of the molecule is CCCCCC(I)CN=[N+]=[N-]. The monoisotopic (exact) mass is 267 g/mol. The van der Waals surface area contributed by atoms with Crippen LogP contribution < -0.4 is 0 Å². The van der Waals surface area contributed by atoms with E-state index in [1.807, 2.05) is 0 Å². The zero-order valence-electron chi connectivity index (χ0n) is 6.83. The zero-order valence-corrected chi connectivity index (χ0v) is 8.99. The number of hydrogen-bond acceptors (Lipinski definition) is 1. The van der Waals surface area contributed by atoms with Crippen LogP contribution in [0, 0.1) is 0 Å². The molecule has 4 heteroatoms. The molecule has 1 unspecified atom stereocenters. The first-order valence-corrected chi connectivity index (χ1v) is 5.20. The quantitative estimate of drug-likeness (QED) is 0.176.